The van der Waals surface area contributed by atoms with Crippen LogP contribution in [-0.4, -0.2) is 20.3 Å². The molecular formula is C12H11BrFNO3. The van der Waals surface area contributed by atoms with Crippen LogP contribution in [-0.2, 0) is 10.3 Å². The van der Waals surface area contributed by atoms with Crippen LogP contribution < -0.4 is 9.47 Å². The lowest BCUT2D eigenvalue weighted by atomic mass is 10.0. The number of carbonyl (C=O) groups excluding carboxylic acids is 1. The molecule has 0 aromatic heterocycles. The number of ether oxygens (including phenoxy) is 2. The molecule has 0 unspecified atom stereocenters. The third-order valence-electron chi connectivity index (χ3n) is 3.02. The number of halogens is 2. The molecular weight excluding hydrogens is 305 g/mol. The van der Waals surface area contributed by atoms with Crippen LogP contribution in [0.3, 0.4) is 0 Å². The van der Waals surface area contributed by atoms with Crippen LogP contribution >= 0.6 is 15.9 Å². The van der Waals surface area contributed by atoms with Crippen molar-refractivity contribution in [3.63, 3.8) is 0 Å². The molecule has 0 bridgehead atoms. The first-order valence-electron chi connectivity index (χ1n) is 5.29. The molecule has 0 atom stereocenters. The van der Waals surface area contributed by atoms with E-state index in [-0.39, 0.29) is 16.0 Å². The first-order valence-corrected chi connectivity index (χ1v) is 6.08. The van der Waals surface area contributed by atoms with Crippen molar-refractivity contribution in [3.8, 4) is 11.5 Å². The smallest absolute Gasteiger partial charge is 0.235 e. The van der Waals surface area contributed by atoms with Crippen molar-refractivity contribution in [1.82, 2.24) is 0 Å². The number of hydrogen-bond acceptors (Lipinski definition) is 4. The second-order valence-electron chi connectivity index (χ2n) is 4.02. The second kappa shape index (κ2) is 4.71. The summed E-state index contributed by atoms with van der Waals surface area (Å²) in [6.07, 6.45) is 2.98. The third-order valence-corrected chi connectivity index (χ3v) is 3.60. The van der Waals surface area contributed by atoms with E-state index < -0.39 is 11.4 Å². The molecule has 96 valence electrons. The van der Waals surface area contributed by atoms with Gasteiger partial charge >= 0.3 is 0 Å². The van der Waals surface area contributed by atoms with Crippen LogP contribution in [0, 0.1) is 5.82 Å². The fourth-order valence-electron chi connectivity index (χ4n) is 1.96. The minimum absolute atomic E-state index is 0.00856. The van der Waals surface area contributed by atoms with Gasteiger partial charge in [0.05, 0.1) is 18.7 Å². The van der Waals surface area contributed by atoms with Crippen LogP contribution in [0.25, 0.3) is 0 Å². The lowest BCUT2D eigenvalue weighted by Gasteiger charge is -2.17. The topological polar surface area (TPSA) is 47.9 Å². The highest BCUT2D eigenvalue weighted by Gasteiger charge is 2.48. The Morgan fingerprint density at radius 2 is 2.00 bits per heavy atom. The van der Waals surface area contributed by atoms with Crippen molar-refractivity contribution in [2.45, 2.75) is 18.4 Å². The predicted molar refractivity (Wildman–Crippen MR) is 66.2 cm³/mol. The van der Waals surface area contributed by atoms with Crippen LogP contribution in [0.15, 0.2) is 15.5 Å². The molecule has 1 aliphatic carbocycles. The van der Waals surface area contributed by atoms with Crippen LogP contribution in [0.4, 0.5) is 4.39 Å². The molecule has 0 heterocycles. The Kier molecular flexibility index (Phi) is 3.41. The SMILES string of the molecule is COc1c(C2(N=C=O)CC2)cc(Br)c(F)c1OC. The summed E-state index contributed by atoms with van der Waals surface area (Å²) in [7, 11) is 2.79. The summed E-state index contributed by atoms with van der Waals surface area (Å²) in [5, 5.41) is 0. The number of aliphatic imine (C=N–C) groups is 1. The Balaban J connectivity index is 2.68. The van der Waals surface area contributed by atoms with Gasteiger partial charge in [-0.1, -0.05) is 0 Å². The molecule has 0 spiro atoms. The average Bonchev–Trinajstić information content (AvgIpc) is 3.13. The molecule has 18 heavy (non-hydrogen) atoms. The van der Waals surface area contributed by atoms with Crippen molar-refractivity contribution < 1.29 is 18.7 Å². The Morgan fingerprint density at radius 1 is 1.39 bits per heavy atom. The zero-order chi connectivity index (χ0) is 13.3. The number of hydrogen-bond donors (Lipinski definition) is 0. The number of nitrogens with zero attached hydrogens (tertiary/aromatic N) is 1. The van der Waals surface area contributed by atoms with E-state index in [0.29, 0.717) is 18.4 Å². The molecule has 1 saturated carbocycles. The van der Waals surface area contributed by atoms with Gasteiger partial charge in [0.2, 0.25) is 6.08 Å². The lowest BCUT2D eigenvalue weighted by Crippen LogP contribution is -2.08. The fourth-order valence-corrected chi connectivity index (χ4v) is 2.37. The molecule has 0 saturated heterocycles. The zero-order valence-electron chi connectivity index (χ0n) is 9.92. The summed E-state index contributed by atoms with van der Waals surface area (Å²) in [4.78, 5) is 14.3. The molecule has 0 N–H and O–H groups in total. The minimum Gasteiger partial charge on any atom is -0.492 e. The Hall–Kier alpha value is -1.39. The maximum absolute atomic E-state index is 13.9. The van der Waals surface area contributed by atoms with E-state index in [1.165, 1.54) is 14.2 Å². The monoisotopic (exact) mass is 315 g/mol. The first kappa shape index (κ1) is 13.1. The van der Waals surface area contributed by atoms with E-state index in [4.69, 9.17) is 9.47 Å². The number of benzene rings is 1. The number of rotatable bonds is 4. The van der Waals surface area contributed by atoms with E-state index >= 15 is 0 Å². The van der Waals surface area contributed by atoms with Crippen molar-refractivity contribution in [3.05, 3.63) is 21.9 Å². The largest absolute Gasteiger partial charge is 0.492 e. The third kappa shape index (κ3) is 1.91. The summed E-state index contributed by atoms with van der Waals surface area (Å²) in [5.41, 5.74) is -0.00479. The first-order chi connectivity index (χ1) is 8.59. The average molecular weight is 316 g/mol. The van der Waals surface area contributed by atoms with Gasteiger partial charge in [-0.15, -0.1) is 0 Å². The Morgan fingerprint density at radius 3 is 2.44 bits per heavy atom. The van der Waals surface area contributed by atoms with Crippen LogP contribution in [0.2, 0.25) is 0 Å². The summed E-state index contributed by atoms with van der Waals surface area (Å²) < 4.78 is 24.3. The second-order valence-corrected chi connectivity index (χ2v) is 4.88. The van der Waals surface area contributed by atoms with Gasteiger partial charge in [-0.2, -0.15) is 4.99 Å². The van der Waals surface area contributed by atoms with E-state index in [1.807, 2.05) is 0 Å². The zero-order valence-corrected chi connectivity index (χ0v) is 11.5. The maximum Gasteiger partial charge on any atom is 0.235 e. The highest BCUT2D eigenvalue weighted by molar-refractivity contribution is 9.10. The van der Waals surface area contributed by atoms with Gasteiger partial charge in [-0.25, -0.2) is 9.18 Å². The molecule has 1 aromatic rings. The van der Waals surface area contributed by atoms with Crippen molar-refractivity contribution in [2.75, 3.05) is 14.2 Å². The van der Waals surface area contributed by atoms with E-state index in [2.05, 4.69) is 20.9 Å². The van der Waals surface area contributed by atoms with Crippen LogP contribution in [0.5, 0.6) is 11.5 Å². The van der Waals surface area contributed by atoms with Gasteiger partial charge in [0.1, 0.15) is 5.54 Å². The van der Waals surface area contributed by atoms with E-state index in [1.54, 1.807) is 12.1 Å². The summed E-state index contributed by atoms with van der Waals surface area (Å²) in [6, 6.07) is 1.57. The van der Waals surface area contributed by atoms with E-state index in [9.17, 15) is 9.18 Å². The highest BCUT2D eigenvalue weighted by Crippen LogP contribution is 2.55. The van der Waals surface area contributed by atoms with Gasteiger partial charge in [0.15, 0.2) is 17.3 Å². The summed E-state index contributed by atoms with van der Waals surface area (Å²) >= 11 is 3.12. The quantitative estimate of drug-likeness (QED) is 0.634. The molecule has 0 amide bonds. The number of methoxy groups -OCH3 is 2. The summed E-state index contributed by atoms with van der Waals surface area (Å²) in [5.74, 6) is -0.257. The van der Waals surface area contributed by atoms with Gasteiger partial charge in [0.25, 0.3) is 0 Å². The summed E-state index contributed by atoms with van der Waals surface area (Å²) in [6.45, 7) is 0. The number of isocyanates is 1. The van der Waals surface area contributed by atoms with Crippen LogP contribution in [0.1, 0.15) is 18.4 Å². The fraction of sp³-hybridized carbons (Fsp3) is 0.417. The molecule has 1 aliphatic rings. The molecule has 4 nitrogen and oxygen atoms in total. The molecule has 0 radical (unpaired) electrons. The molecule has 6 heteroatoms. The Bertz CT molecular complexity index is 537. The Labute approximate surface area is 112 Å². The minimum atomic E-state index is -0.642. The molecule has 0 aliphatic heterocycles. The van der Waals surface area contributed by atoms with Gasteiger partial charge < -0.3 is 9.47 Å². The predicted octanol–water partition coefficient (Wildman–Crippen LogP) is 2.93. The van der Waals surface area contributed by atoms with Gasteiger partial charge in [-0.05, 0) is 34.8 Å². The normalized spacial score (nSPS) is 15.8. The van der Waals surface area contributed by atoms with Gasteiger partial charge in [0, 0.05) is 5.56 Å². The maximum atomic E-state index is 13.9. The van der Waals surface area contributed by atoms with Crippen molar-refractivity contribution >= 4 is 22.0 Å². The van der Waals surface area contributed by atoms with Crippen molar-refractivity contribution in [2.24, 2.45) is 4.99 Å². The molecule has 2 rings (SSSR count). The molecule has 1 aromatic carbocycles. The molecule has 1 fully saturated rings. The lowest BCUT2D eigenvalue weighted by molar-refractivity contribution is 0.331. The van der Waals surface area contributed by atoms with E-state index in [0.717, 1.165) is 0 Å². The van der Waals surface area contributed by atoms with Gasteiger partial charge in [-0.3, -0.25) is 0 Å². The van der Waals surface area contributed by atoms with Crippen molar-refractivity contribution in [1.29, 1.82) is 0 Å². The highest BCUT2D eigenvalue weighted by atomic mass is 79.9. The standard InChI is InChI=1S/C12H11BrFNO3/c1-17-10-7(12(3-4-12)15-6-16)5-8(13)9(14)11(10)18-2/h5H,3-4H2,1-2H3.